The van der Waals surface area contributed by atoms with Crippen LogP contribution in [-0.4, -0.2) is 43.5 Å². The second kappa shape index (κ2) is 11.7. The highest BCUT2D eigenvalue weighted by Crippen LogP contribution is 2.24. The number of nitrogens with zero attached hydrogens (tertiary/aromatic N) is 1. The molecule has 3 N–H and O–H groups in total. The van der Waals surface area contributed by atoms with Gasteiger partial charge in [0.05, 0.1) is 5.92 Å². The molecule has 1 amide bonds. The van der Waals surface area contributed by atoms with E-state index in [0.29, 0.717) is 11.9 Å². The predicted molar refractivity (Wildman–Crippen MR) is 113 cm³/mol. The standard InChI is InChI=1S/C21H33FN4O.ClH/c1-26(21(27)17-6-5-12-23-15-17)13-4-2-3-7-19-14-20(25-24-19)16-8-10-18(22)11-9-16;/h8-11,17,19-20,23-25H,2-7,12-15H2,1H3;1H. The van der Waals surface area contributed by atoms with E-state index in [1.807, 2.05) is 24.1 Å². The maximum Gasteiger partial charge on any atom is 0.226 e. The number of piperidine rings is 1. The maximum absolute atomic E-state index is 13.0. The molecule has 28 heavy (non-hydrogen) atoms. The van der Waals surface area contributed by atoms with Crippen molar-refractivity contribution in [2.24, 2.45) is 5.92 Å². The van der Waals surface area contributed by atoms with Crippen molar-refractivity contribution in [3.05, 3.63) is 35.6 Å². The molecule has 2 aliphatic heterocycles. The number of amides is 1. The lowest BCUT2D eigenvalue weighted by molar-refractivity contribution is -0.134. The van der Waals surface area contributed by atoms with Crippen LogP contribution in [0.4, 0.5) is 4.39 Å². The van der Waals surface area contributed by atoms with Gasteiger partial charge in [-0.3, -0.25) is 15.6 Å². The predicted octanol–water partition coefficient (Wildman–Crippen LogP) is 3.17. The number of hydrogen-bond donors (Lipinski definition) is 3. The molecule has 3 atom stereocenters. The van der Waals surface area contributed by atoms with Gasteiger partial charge in [0, 0.05) is 32.2 Å². The van der Waals surface area contributed by atoms with Crippen LogP contribution in [0.15, 0.2) is 24.3 Å². The zero-order chi connectivity index (χ0) is 19.1. The van der Waals surface area contributed by atoms with Gasteiger partial charge in [-0.05, 0) is 56.3 Å². The van der Waals surface area contributed by atoms with Crippen LogP contribution in [0.5, 0.6) is 0 Å². The molecule has 3 unspecified atom stereocenters. The number of halogens is 2. The van der Waals surface area contributed by atoms with Gasteiger partial charge in [0.1, 0.15) is 5.82 Å². The lowest BCUT2D eigenvalue weighted by Crippen LogP contribution is -2.41. The number of hydrazine groups is 1. The van der Waals surface area contributed by atoms with Crippen LogP contribution in [0, 0.1) is 11.7 Å². The van der Waals surface area contributed by atoms with Crippen molar-refractivity contribution in [2.45, 2.75) is 57.0 Å². The first-order valence-electron chi connectivity index (χ1n) is 10.4. The molecule has 3 rings (SSSR count). The van der Waals surface area contributed by atoms with Crippen LogP contribution < -0.4 is 16.2 Å². The zero-order valence-corrected chi connectivity index (χ0v) is 17.6. The topological polar surface area (TPSA) is 56.4 Å². The minimum atomic E-state index is -0.190. The fourth-order valence-corrected chi connectivity index (χ4v) is 4.13. The number of carbonyl (C=O) groups excluding carboxylic acids is 1. The number of rotatable bonds is 8. The molecule has 1 aromatic rings. The summed E-state index contributed by atoms with van der Waals surface area (Å²) in [7, 11) is 1.94. The Morgan fingerprint density at radius 3 is 2.68 bits per heavy atom. The number of nitrogens with one attached hydrogen (secondary N) is 3. The third kappa shape index (κ3) is 6.69. The third-order valence-electron chi connectivity index (χ3n) is 5.82. The third-order valence-corrected chi connectivity index (χ3v) is 5.82. The van der Waals surface area contributed by atoms with E-state index in [0.717, 1.165) is 70.1 Å². The van der Waals surface area contributed by atoms with Crippen LogP contribution in [0.1, 0.15) is 56.6 Å². The van der Waals surface area contributed by atoms with Crippen molar-refractivity contribution in [2.75, 3.05) is 26.7 Å². The highest BCUT2D eigenvalue weighted by Gasteiger charge is 2.25. The average molecular weight is 413 g/mol. The molecule has 7 heteroatoms. The molecule has 2 aliphatic rings. The highest BCUT2D eigenvalue weighted by molar-refractivity contribution is 5.85. The average Bonchev–Trinajstić information content (AvgIpc) is 3.17. The van der Waals surface area contributed by atoms with Crippen molar-refractivity contribution in [1.82, 2.24) is 21.1 Å². The molecule has 5 nitrogen and oxygen atoms in total. The molecule has 2 saturated heterocycles. The van der Waals surface area contributed by atoms with Gasteiger partial charge < -0.3 is 10.2 Å². The van der Waals surface area contributed by atoms with Gasteiger partial charge in [-0.2, -0.15) is 0 Å². The smallest absolute Gasteiger partial charge is 0.226 e. The van der Waals surface area contributed by atoms with Gasteiger partial charge in [-0.25, -0.2) is 4.39 Å². The van der Waals surface area contributed by atoms with Gasteiger partial charge in [-0.15, -0.1) is 12.4 Å². The summed E-state index contributed by atoms with van der Waals surface area (Å²) in [5.41, 5.74) is 7.82. The minimum absolute atomic E-state index is 0. The van der Waals surface area contributed by atoms with Gasteiger partial charge in [0.25, 0.3) is 0 Å². The Morgan fingerprint density at radius 2 is 1.96 bits per heavy atom. The van der Waals surface area contributed by atoms with Crippen LogP contribution in [0.25, 0.3) is 0 Å². The number of unbranched alkanes of at least 4 members (excludes halogenated alkanes) is 2. The Hall–Kier alpha value is -1.21. The fourth-order valence-electron chi connectivity index (χ4n) is 4.13. The summed E-state index contributed by atoms with van der Waals surface area (Å²) in [4.78, 5) is 14.3. The summed E-state index contributed by atoms with van der Waals surface area (Å²) in [5.74, 6) is 0.274. The minimum Gasteiger partial charge on any atom is -0.345 e. The van der Waals surface area contributed by atoms with E-state index in [9.17, 15) is 9.18 Å². The van der Waals surface area contributed by atoms with E-state index in [1.165, 1.54) is 12.1 Å². The van der Waals surface area contributed by atoms with Crippen molar-refractivity contribution < 1.29 is 9.18 Å². The number of benzene rings is 1. The molecular formula is C21H34ClFN4O. The van der Waals surface area contributed by atoms with Crippen LogP contribution >= 0.6 is 12.4 Å². The summed E-state index contributed by atoms with van der Waals surface area (Å²) in [6.07, 6.45) is 7.62. The zero-order valence-electron chi connectivity index (χ0n) is 16.8. The van der Waals surface area contributed by atoms with Crippen molar-refractivity contribution in [3.63, 3.8) is 0 Å². The summed E-state index contributed by atoms with van der Waals surface area (Å²) in [6.45, 7) is 2.72. The molecule has 1 aromatic carbocycles. The SMILES string of the molecule is CN(CCCCCC1CC(c2ccc(F)cc2)NN1)C(=O)C1CCCNC1.Cl. The second-order valence-electron chi connectivity index (χ2n) is 7.98. The lowest BCUT2D eigenvalue weighted by Gasteiger charge is -2.27. The van der Waals surface area contributed by atoms with E-state index in [1.54, 1.807) is 0 Å². The Balaban J connectivity index is 0.00000280. The van der Waals surface area contributed by atoms with E-state index in [4.69, 9.17) is 0 Å². The first kappa shape index (κ1) is 23.1. The highest BCUT2D eigenvalue weighted by atomic mass is 35.5. The first-order valence-corrected chi connectivity index (χ1v) is 10.4. The van der Waals surface area contributed by atoms with Crippen molar-refractivity contribution in [3.8, 4) is 0 Å². The Bertz CT molecular complexity index is 595. The fraction of sp³-hybridized carbons (Fsp3) is 0.667. The van der Waals surface area contributed by atoms with Crippen molar-refractivity contribution >= 4 is 18.3 Å². The molecule has 2 fully saturated rings. The van der Waals surface area contributed by atoms with Gasteiger partial charge in [0.2, 0.25) is 5.91 Å². The molecule has 0 aromatic heterocycles. The molecule has 0 saturated carbocycles. The summed E-state index contributed by atoms with van der Waals surface area (Å²) in [6, 6.07) is 7.45. The van der Waals surface area contributed by atoms with E-state index in [-0.39, 0.29) is 30.2 Å². The lowest BCUT2D eigenvalue weighted by atomic mass is 9.98. The normalized spacial score (nSPS) is 24.6. The van der Waals surface area contributed by atoms with Gasteiger partial charge >= 0.3 is 0 Å². The number of carbonyl (C=O) groups is 1. The molecule has 0 radical (unpaired) electrons. The van der Waals surface area contributed by atoms with Gasteiger partial charge in [0.15, 0.2) is 0 Å². The molecule has 0 aliphatic carbocycles. The second-order valence-corrected chi connectivity index (χ2v) is 7.98. The molecule has 2 heterocycles. The Kier molecular flexibility index (Phi) is 9.65. The summed E-state index contributed by atoms with van der Waals surface area (Å²) < 4.78 is 13.0. The summed E-state index contributed by atoms with van der Waals surface area (Å²) in [5, 5.41) is 3.32. The van der Waals surface area contributed by atoms with Crippen LogP contribution in [0.3, 0.4) is 0 Å². The van der Waals surface area contributed by atoms with Crippen molar-refractivity contribution in [1.29, 1.82) is 0 Å². The molecule has 158 valence electrons. The monoisotopic (exact) mass is 412 g/mol. The van der Waals surface area contributed by atoms with E-state index >= 15 is 0 Å². The Morgan fingerprint density at radius 1 is 1.18 bits per heavy atom. The number of hydrogen-bond acceptors (Lipinski definition) is 4. The van der Waals surface area contributed by atoms with Gasteiger partial charge in [-0.1, -0.05) is 25.0 Å². The van der Waals surface area contributed by atoms with E-state index in [2.05, 4.69) is 16.2 Å². The first-order chi connectivity index (χ1) is 13.1. The molecular weight excluding hydrogens is 379 g/mol. The van der Waals surface area contributed by atoms with Crippen LogP contribution in [0.2, 0.25) is 0 Å². The maximum atomic E-state index is 13.0. The molecule has 0 spiro atoms. The van der Waals surface area contributed by atoms with E-state index < -0.39 is 0 Å². The quantitative estimate of drug-likeness (QED) is 0.574. The molecule has 0 bridgehead atoms. The largest absolute Gasteiger partial charge is 0.345 e. The summed E-state index contributed by atoms with van der Waals surface area (Å²) >= 11 is 0. The Labute approximate surface area is 174 Å². The van der Waals surface area contributed by atoms with Crippen LogP contribution in [-0.2, 0) is 4.79 Å².